The molecule has 0 atom stereocenters. The van der Waals surface area contributed by atoms with Gasteiger partial charge in [-0.1, -0.05) is 29.8 Å². The summed E-state index contributed by atoms with van der Waals surface area (Å²) >= 11 is 5.84. The van der Waals surface area contributed by atoms with Crippen LogP contribution in [-0.2, 0) is 11.3 Å². The minimum Gasteiger partial charge on any atom is -0.457 e. The number of carbonyl (C=O) groups is 1. The molecule has 2 rings (SSSR count). The summed E-state index contributed by atoms with van der Waals surface area (Å²) in [6.07, 6.45) is 0. The quantitative estimate of drug-likeness (QED) is 0.802. The van der Waals surface area contributed by atoms with Crippen molar-refractivity contribution >= 4 is 17.6 Å². The molecule has 2 aromatic carbocycles. The molecule has 0 spiro atoms. The molecule has 2 aromatic rings. The van der Waals surface area contributed by atoms with Crippen LogP contribution in [0.5, 0.6) is 0 Å². The van der Waals surface area contributed by atoms with Crippen molar-refractivity contribution in [2.45, 2.75) is 6.61 Å². The molecule has 0 unspecified atom stereocenters. The Morgan fingerprint density at radius 3 is 2.74 bits per heavy atom. The van der Waals surface area contributed by atoms with Crippen molar-refractivity contribution in [3.8, 4) is 6.07 Å². The van der Waals surface area contributed by atoms with Gasteiger partial charge < -0.3 is 4.74 Å². The van der Waals surface area contributed by atoms with Crippen molar-refractivity contribution in [1.29, 1.82) is 5.26 Å². The molecular formula is C15H10ClNO2. The molecule has 0 radical (unpaired) electrons. The highest BCUT2D eigenvalue weighted by atomic mass is 35.5. The predicted molar refractivity (Wildman–Crippen MR) is 71.7 cm³/mol. The first-order valence-corrected chi connectivity index (χ1v) is 5.98. The number of benzene rings is 2. The minimum atomic E-state index is -0.461. The zero-order valence-corrected chi connectivity index (χ0v) is 10.7. The Kier molecular flexibility index (Phi) is 4.17. The summed E-state index contributed by atoms with van der Waals surface area (Å²) < 4.78 is 5.16. The molecule has 4 heteroatoms. The third-order valence-electron chi connectivity index (χ3n) is 2.49. The van der Waals surface area contributed by atoms with Gasteiger partial charge in [-0.15, -0.1) is 0 Å². The Morgan fingerprint density at radius 1 is 1.21 bits per heavy atom. The van der Waals surface area contributed by atoms with Gasteiger partial charge in [0.25, 0.3) is 0 Å². The van der Waals surface area contributed by atoms with Crippen molar-refractivity contribution in [3.05, 3.63) is 70.2 Å². The van der Waals surface area contributed by atoms with Gasteiger partial charge in [-0.3, -0.25) is 0 Å². The van der Waals surface area contributed by atoms with E-state index in [1.54, 1.807) is 36.4 Å². The van der Waals surface area contributed by atoms with Crippen LogP contribution in [0.15, 0.2) is 48.5 Å². The fraction of sp³-hybridized carbons (Fsp3) is 0.0667. The molecule has 0 aliphatic rings. The van der Waals surface area contributed by atoms with Crippen LogP contribution < -0.4 is 0 Å². The number of hydrogen-bond donors (Lipinski definition) is 0. The lowest BCUT2D eigenvalue weighted by Gasteiger charge is -2.05. The number of hydrogen-bond acceptors (Lipinski definition) is 3. The van der Waals surface area contributed by atoms with Gasteiger partial charge in [0.05, 0.1) is 17.2 Å². The fourth-order valence-electron chi connectivity index (χ4n) is 1.57. The smallest absolute Gasteiger partial charge is 0.338 e. The Hall–Kier alpha value is -2.31. The molecule has 0 aliphatic carbocycles. The van der Waals surface area contributed by atoms with Crippen LogP contribution in [0, 0.1) is 11.3 Å². The van der Waals surface area contributed by atoms with E-state index in [1.807, 2.05) is 12.1 Å². The molecule has 19 heavy (non-hydrogen) atoms. The van der Waals surface area contributed by atoms with Crippen LogP contribution in [0.25, 0.3) is 0 Å². The molecule has 0 bridgehead atoms. The lowest BCUT2D eigenvalue weighted by molar-refractivity contribution is 0.0472. The number of carbonyl (C=O) groups excluding carboxylic acids is 1. The van der Waals surface area contributed by atoms with E-state index in [9.17, 15) is 4.79 Å². The second-order valence-electron chi connectivity index (χ2n) is 3.90. The molecule has 0 fully saturated rings. The minimum absolute atomic E-state index is 0.149. The third-order valence-corrected chi connectivity index (χ3v) is 2.72. The summed E-state index contributed by atoms with van der Waals surface area (Å²) in [6.45, 7) is 0.149. The maximum atomic E-state index is 11.8. The number of esters is 1. The van der Waals surface area contributed by atoms with Crippen LogP contribution in [0.1, 0.15) is 21.5 Å². The predicted octanol–water partition coefficient (Wildman–Crippen LogP) is 3.57. The summed E-state index contributed by atoms with van der Waals surface area (Å²) in [7, 11) is 0. The molecule has 3 nitrogen and oxygen atoms in total. The van der Waals surface area contributed by atoms with Crippen molar-refractivity contribution < 1.29 is 9.53 Å². The van der Waals surface area contributed by atoms with Gasteiger partial charge in [0.15, 0.2) is 0 Å². The van der Waals surface area contributed by atoms with E-state index in [4.69, 9.17) is 21.6 Å². The standard InChI is InChI=1S/C15H10ClNO2/c16-14-6-2-4-12(8-14)10-19-15(18)13-5-1-3-11(7-13)9-17/h1-8H,10H2. The van der Waals surface area contributed by atoms with E-state index in [2.05, 4.69) is 0 Å². The van der Waals surface area contributed by atoms with Gasteiger partial charge in [0.2, 0.25) is 0 Å². The van der Waals surface area contributed by atoms with Gasteiger partial charge in [-0.05, 0) is 35.9 Å². The molecule has 0 amide bonds. The SMILES string of the molecule is N#Cc1cccc(C(=O)OCc2cccc(Cl)c2)c1. The molecule has 0 heterocycles. The fourth-order valence-corrected chi connectivity index (χ4v) is 1.79. The highest BCUT2D eigenvalue weighted by molar-refractivity contribution is 6.30. The Labute approximate surface area is 116 Å². The first kappa shape index (κ1) is 13.1. The number of halogens is 1. The molecule has 0 saturated carbocycles. The number of ether oxygens (including phenoxy) is 1. The monoisotopic (exact) mass is 271 g/mol. The van der Waals surface area contributed by atoms with E-state index in [-0.39, 0.29) is 6.61 Å². The molecule has 0 saturated heterocycles. The van der Waals surface area contributed by atoms with Gasteiger partial charge in [0.1, 0.15) is 6.61 Å². The number of nitrogens with zero attached hydrogens (tertiary/aromatic N) is 1. The normalized spacial score (nSPS) is 9.68. The van der Waals surface area contributed by atoms with Crippen molar-refractivity contribution in [1.82, 2.24) is 0 Å². The van der Waals surface area contributed by atoms with E-state index < -0.39 is 5.97 Å². The summed E-state index contributed by atoms with van der Waals surface area (Å²) in [6, 6.07) is 15.5. The second kappa shape index (κ2) is 6.03. The van der Waals surface area contributed by atoms with Crippen LogP contribution in [-0.4, -0.2) is 5.97 Å². The topological polar surface area (TPSA) is 50.1 Å². The van der Waals surface area contributed by atoms with Crippen LogP contribution in [0.2, 0.25) is 5.02 Å². The summed E-state index contributed by atoms with van der Waals surface area (Å²) in [5, 5.41) is 9.36. The molecular weight excluding hydrogens is 262 g/mol. The van der Waals surface area contributed by atoms with Gasteiger partial charge in [-0.2, -0.15) is 5.26 Å². The van der Waals surface area contributed by atoms with Gasteiger partial charge in [0, 0.05) is 5.02 Å². The Morgan fingerprint density at radius 2 is 2.00 bits per heavy atom. The highest BCUT2D eigenvalue weighted by Gasteiger charge is 2.08. The summed E-state index contributed by atoms with van der Waals surface area (Å²) in [4.78, 5) is 11.8. The lowest BCUT2D eigenvalue weighted by Crippen LogP contribution is -2.05. The third kappa shape index (κ3) is 3.57. The van der Waals surface area contributed by atoms with Crippen molar-refractivity contribution in [2.24, 2.45) is 0 Å². The summed E-state index contributed by atoms with van der Waals surface area (Å²) in [5.74, 6) is -0.461. The van der Waals surface area contributed by atoms with E-state index in [0.29, 0.717) is 16.1 Å². The molecule has 0 aliphatic heterocycles. The number of rotatable bonds is 3. The first-order chi connectivity index (χ1) is 9.19. The van der Waals surface area contributed by atoms with Crippen molar-refractivity contribution in [3.63, 3.8) is 0 Å². The van der Waals surface area contributed by atoms with Gasteiger partial charge >= 0.3 is 5.97 Å². The number of nitriles is 1. The van der Waals surface area contributed by atoms with E-state index in [0.717, 1.165) is 5.56 Å². The zero-order valence-electron chi connectivity index (χ0n) is 9.97. The summed E-state index contributed by atoms with van der Waals surface area (Å²) in [5.41, 5.74) is 1.61. The van der Waals surface area contributed by atoms with Crippen LogP contribution in [0.3, 0.4) is 0 Å². The lowest BCUT2D eigenvalue weighted by atomic mass is 10.1. The molecule has 94 valence electrons. The zero-order chi connectivity index (χ0) is 13.7. The first-order valence-electron chi connectivity index (χ1n) is 5.61. The Balaban J connectivity index is 2.03. The maximum Gasteiger partial charge on any atom is 0.338 e. The van der Waals surface area contributed by atoms with Crippen molar-refractivity contribution in [2.75, 3.05) is 0 Å². The van der Waals surface area contributed by atoms with E-state index in [1.165, 1.54) is 6.07 Å². The maximum absolute atomic E-state index is 11.8. The van der Waals surface area contributed by atoms with Crippen LogP contribution in [0.4, 0.5) is 0 Å². The average Bonchev–Trinajstić information content (AvgIpc) is 2.45. The average molecular weight is 272 g/mol. The van der Waals surface area contributed by atoms with Crippen LogP contribution >= 0.6 is 11.6 Å². The molecule has 0 aromatic heterocycles. The second-order valence-corrected chi connectivity index (χ2v) is 4.34. The largest absolute Gasteiger partial charge is 0.457 e. The van der Waals surface area contributed by atoms with Gasteiger partial charge in [-0.25, -0.2) is 4.79 Å². The molecule has 0 N–H and O–H groups in total. The Bertz CT molecular complexity index is 647. The van der Waals surface area contributed by atoms with E-state index >= 15 is 0 Å². The highest BCUT2D eigenvalue weighted by Crippen LogP contribution is 2.13.